The quantitative estimate of drug-likeness (QED) is 0.744. The normalized spacial score (nSPS) is 14.2. The lowest BCUT2D eigenvalue weighted by Crippen LogP contribution is -2.47. The van der Waals surface area contributed by atoms with Crippen molar-refractivity contribution < 1.29 is 0 Å². The van der Waals surface area contributed by atoms with Gasteiger partial charge >= 0.3 is 0 Å². The van der Waals surface area contributed by atoms with Gasteiger partial charge in [0.15, 0.2) is 5.82 Å². The molecule has 3 heterocycles. The molecule has 0 radical (unpaired) electrons. The molecule has 0 saturated carbocycles. The third-order valence-electron chi connectivity index (χ3n) is 4.90. The van der Waals surface area contributed by atoms with Crippen molar-refractivity contribution >= 4 is 23.4 Å². The van der Waals surface area contributed by atoms with Crippen LogP contribution < -0.4 is 15.1 Å². The van der Waals surface area contributed by atoms with Gasteiger partial charge in [0.1, 0.15) is 0 Å². The summed E-state index contributed by atoms with van der Waals surface area (Å²) in [7, 11) is 0. The lowest BCUT2D eigenvalue weighted by atomic mass is 10.1. The maximum Gasteiger partial charge on any atom is 0.249 e. The molecule has 144 valence electrons. The molecule has 0 amide bonds. The summed E-state index contributed by atoms with van der Waals surface area (Å²) in [6.07, 6.45) is 5.26. The van der Waals surface area contributed by atoms with Crippen LogP contribution in [0.5, 0.6) is 0 Å². The maximum atomic E-state index is 4.69. The molecule has 3 aromatic rings. The smallest absolute Gasteiger partial charge is 0.249 e. The van der Waals surface area contributed by atoms with Gasteiger partial charge in [0.25, 0.3) is 0 Å². The molecule has 1 aromatic carbocycles. The van der Waals surface area contributed by atoms with Gasteiger partial charge in [0.05, 0.1) is 6.20 Å². The highest BCUT2D eigenvalue weighted by Gasteiger charge is 2.20. The minimum atomic E-state index is 0.515. The van der Waals surface area contributed by atoms with Crippen LogP contribution in [-0.4, -0.2) is 51.3 Å². The second-order valence-electron chi connectivity index (χ2n) is 7.06. The van der Waals surface area contributed by atoms with E-state index >= 15 is 0 Å². The summed E-state index contributed by atoms with van der Waals surface area (Å²) in [5.41, 5.74) is 4.62. The monoisotopic (exact) mass is 376 g/mol. The van der Waals surface area contributed by atoms with Gasteiger partial charge in [-0.3, -0.25) is 0 Å². The molecule has 0 spiro atoms. The zero-order valence-electron chi connectivity index (χ0n) is 16.4. The van der Waals surface area contributed by atoms with Crippen LogP contribution in [0.3, 0.4) is 0 Å². The Balaban J connectivity index is 1.46. The number of anilines is 4. The molecule has 1 aliphatic rings. The third kappa shape index (κ3) is 3.85. The molecular formula is C20H24N8. The van der Waals surface area contributed by atoms with E-state index in [1.807, 2.05) is 6.07 Å². The molecule has 2 aromatic heterocycles. The second kappa shape index (κ2) is 7.75. The Morgan fingerprint density at radius 2 is 1.54 bits per heavy atom. The molecule has 1 aliphatic heterocycles. The van der Waals surface area contributed by atoms with Crippen LogP contribution in [0.2, 0.25) is 0 Å². The molecule has 8 heteroatoms. The Bertz CT molecular complexity index is 928. The first-order chi connectivity index (χ1) is 13.6. The zero-order chi connectivity index (χ0) is 19.5. The predicted octanol–water partition coefficient (Wildman–Crippen LogP) is 2.66. The van der Waals surface area contributed by atoms with Crippen molar-refractivity contribution in [2.24, 2.45) is 0 Å². The van der Waals surface area contributed by atoms with Gasteiger partial charge in [-0.1, -0.05) is 17.7 Å². The van der Waals surface area contributed by atoms with Crippen molar-refractivity contribution in [3.05, 3.63) is 53.5 Å². The molecule has 0 bridgehead atoms. The van der Waals surface area contributed by atoms with Crippen LogP contribution in [0.4, 0.5) is 23.4 Å². The van der Waals surface area contributed by atoms with E-state index in [1.165, 1.54) is 16.7 Å². The molecule has 0 aliphatic carbocycles. The van der Waals surface area contributed by atoms with E-state index in [0.29, 0.717) is 5.95 Å². The van der Waals surface area contributed by atoms with Crippen LogP contribution in [0, 0.1) is 20.8 Å². The average molecular weight is 376 g/mol. The van der Waals surface area contributed by atoms with Crippen LogP contribution in [0.1, 0.15) is 16.7 Å². The topological polar surface area (TPSA) is 83.0 Å². The Kier molecular flexibility index (Phi) is 5.01. The van der Waals surface area contributed by atoms with Crippen molar-refractivity contribution in [3.8, 4) is 0 Å². The summed E-state index contributed by atoms with van der Waals surface area (Å²) in [4.78, 5) is 17.7. The summed E-state index contributed by atoms with van der Waals surface area (Å²) in [5.74, 6) is 2.12. The fourth-order valence-electron chi connectivity index (χ4n) is 3.58. The summed E-state index contributed by atoms with van der Waals surface area (Å²) < 4.78 is 0. The van der Waals surface area contributed by atoms with Crippen molar-refractivity contribution in [1.29, 1.82) is 0 Å². The summed E-state index contributed by atoms with van der Waals surface area (Å²) in [5, 5.41) is 11.7. The number of aromatic nitrogens is 5. The van der Waals surface area contributed by atoms with Crippen molar-refractivity contribution in [1.82, 2.24) is 25.1 Å². The van der Waals surface area contributed by atoms with Crippen molar-refractivity contribution in [2.45, 2.75) is 20.8 Å². The fraction of sp³-hybridized carbons (Fsp3) is 0.350. The van der Waals surface area contributed by atoms with Crippen LogP contribution in [-0.2, 0) is 0 Å². The molecule has 1 fully saturated rings. The number of piperazine rings is 1. The second-order valence-corrected chi connectivity index (χ2v) is 7.06. The van der Waals surface area contributed by atoms with E-state index in [0.717, 1.165) is 43.6 Å². The number of aryl methyl sites for hydroxylation is 3. The first-order valence-corrected chi connectivity index (χ1v) is 9.41. The number of nitrogens with one attached hydrogen (secondary N) is 1. The van der Waals surface area contributed by atoms with Gasteiger partial charge in [-0.15, -0.1) is 5.10 Å². The van der Waals surface area contributed by atoms with E-state index in [4.69, 9.17) is 0 Å². The van der Waals surface area contributed by atoms with E-state index in [9.17, 15) is 0 Å². The number of benzene rings is 1. The Hall–Kier alpha value is -3.29. The van der Waals surface area contributed by atoms with Gasteiger partial charge in [0.2, 0.25) is 11.9 Å². The molecule has 1 saturated heterocycles. The highest BCUT2D eigenvalue weighted by atomic mass is 15.4. The lowest BCUT2D eigenvalue weighted by molar-refractivity contribution is 0.632. The molecule has 8 nitrogen and oxygen atoms in total. The van der Waals surface area contributed by atoms with Gasteiger partial charge in [-0.25, -0.2) is 9.97 Å². The van der Waals surface area contributed by atoms with Crippen LogP contribution >= 0.6 is 0 Å². The predicted molar refractivity (Wildman–Crippen MR) is 110 cm³/mol. The highest BCUT2D eigenvalue weighted by molar-refractivity contribution is 5.64. The number of rotatable bonds is 4. The Morgan fingerprint density at radius 3 is 2.21 bits per heavy atom. The van der Waals surface area contributed by atoms with Crippen LogP contribution in [0.25, 0.3) is 0 Å². The standard InChI is InChI=1S/C20H24N8/c1-14-11-15(2)18(16(3)12-14)25-19-24-17(13-23-26-19)27-7-9-28(10-8-27)20-21-5-4-6-22-20/h4-6,11-13H,7-10H2,1-3H3,(H,24,25,26). The molecule has 0 atom stereocenters. The van der Waals surface area contributed by atoms with E-state index < -0.39 is 0 Å². The van der Waals surface area contributed by atoms with Gasteiger partial charge in [-0.2, -0.15) is 10.1 Å². The first-order valence-electron chi connectivity index (χ1n) is 9.41. The van der Waals surface area contributed by atoms with Gasteiger partial charge in [-0.05, 0) is 38.0 Å². The SMILES string of the molecule is Cc1cc(C)c(Nc2nncc(N3CCN(c4ncccn4)CC3)n2)c(C)c1. The van der Waals surface area contributed by atoms with Gasteiger partial charge < -0.3 is 15.1 Å². The molecule has 28 heavy (non-hydrogen) atoms. The Morgan fingerprint density at radius 1 is 0.893 bits per heavy atom. The first kappa shape index (κ1) is 18.1. The minimum Gasteiger partial charge on any atom is -0.352 e. The third-order valence-corrected chi connectivity index (χ3v) is 4.90. The molecule has 1 N–H and O–H groups in total. The Labute approximate surface area is 164 Å². The van der Waals surface area contributed by atoms with E-state index in [2.05, 4.69) is 73.2 Å². The largest absolute Gasteiger partial charge is 0.352 e. The highest BCUT2D eigenvalue weighted by Crippen LogP contribution is 2.25. The van der Waals surface area contributed by atoms with Gasteiger partial charge in [0, 0.05) is 44.3 Å². The summed E-state index contributed by atoms with van der Waals surface area (Å²) in [6.45, 7) is 9.62. The fourth-order valence-corrected chi connectivity index (χ4v) is 3.58. The number of hydrogen-bond donors (Lipinski definition) is 1. The molecular weight excluding hydrogens is 352 g/mol. The zero-order valence-corrected chi connectivity index (χ0v) is 16.4. The van der Waals surface area contributed by atoms with E-state index in [-0.39, 0.29) is 0 Å². The minimum absolute atomic E-state index is 0.515. The number of hydrogen-bond acceptors (Lipinski definition) is 8. The van der Waals surface area contributed by atoms with Crippen LogP contribution in [0.15, 0.2) is 36.8 Å². The summed E-state index contributed by atoms with van der Waals surface area (Å²) in [6, 6.07) is 6.13. The van der Waals surface area contributed by atoms with Crippen molar-refractivity contribution in [2.75, 3.05) is 41.3 Å². The van der Waals surface area contributed by atoms with E-state index in [1.54, 1.807) is 18.6 Å². The lowest BCUT2D eigenvalue weighted by Gasteiger charge is -2.35. The number of nitrogens with zero attached hydrogens (tertiary/aromatic N) is 7. The van der Waals surface area contributed by atoms with Crippen molar-refractivity contribution in [3.63, 3.8) is 0 Å². The average Bonchev–Trinajstić information content (AvgIpc) is 2.72. The maximum absolute atomic E-state index is 4.69. The molecule has 0 unspecified atom stereocenters. The molecule has 4 rings (SSSR count). The summed E-state index contributed by atoms with van der Waals surface area (Å²) >= 11 is 0.